The number of alkyl halides is 2. The smallest absolute Gasteiger partial charge is 0.413 e. The predicted octanol–water partition coefficient (Wildman–Crippen LogP) is 2.75. The number of halogens is 2. The van der Waals surface area contributed by atoms with Crippen LogP contribution in [0.1, 0.15) is 37.0 Å². The van der Waals surface area contributed by atoms with Crippen LogP contribution in [0.2, 0.25) is 0 Å². The number of furan rings is 1. The van der Waals surface area contributed by atoms with Crippen LogP contribution >= 0.6 is 0 Å². The van der Waals surface area contributed by atoms with Gasteiger partial charge >= 0.3 is 17.7 Å². The SMILES string of the molecule is CCc1cc(CC)c2oc(COC(=O)Nc3ccn([C@@H]4O[C@H](CO)[C@@H](O)C4(F)F)c(=O)n3)cc2c1. The zero-order chi connectivity index (χ0) is 25.3. The van der Waals surface area contributed by atoms with E-state index in [0.717, 1.165) is 41.6 Å². The first-order valence-corrected chi connectivity index (χ1v) is 11.1. The number of amides is 1. The number of aromatic nitrogens is 2. The molecular formula is C23H25F2N3O7. The van der Waals surface area contributed by atoms with Crippen molar-refractivity contribution in [2.75, 3.05) is 11.9 Å². The zero-order valence-electron chi connectivity index (χ0n) is 19.0. The fourth-order valence-electron chi connectivity index (χ4n) is 3.94. The van der Waals surface area contributed by atoms with Crippen LogP contribution in [0.15, 0.2) is 39.7 Å². The quantitative estimate of drug-likeness (QED) is 0.457. The third-order valence-corrected chi connectivity index (χ3v) is 5.81. The van der Waals surface area contributed by atoms with Gasteiger partial charge in [-0.05, 0) is 42.2 Å². The Morgan fingerprint density at radius 1 is 1.29 bits per heavy atom. The van der Waals surface area contributed by atoms with Crippen molar-refractivity contribution in [2.45, 2.75) is 57.7 Å². The number of hydrogen-bond donors (Lipinski definition) is 3. The van der Waals surface area contributed by atoms with Crippen molar-refractivity contribution in [1.82, 2.24) is 9.55 Å². The highest BCUT2D eigenvalue weighted by Crippen LogP contribution is 2.42. The second-order valence-electron chi connectivity index (χ2n) is 8.13. The van der Waals surface area contributed by atoms with Gasteiger partial charge < -0.3 is 24.1 Å². The minimum atomic E-state index is -3.84. The van der Waals surface area contributed by atoms with E-state index in [0.29, 0.717) is 10.3 Å². The van der Waals surface area contributed by atoms with Crippen molar-refractivity contribution < 1.29 is 37.7 Å². The minimum absolute atomic E-state index is 0.176. The molecule has 3 atom stereocenters. The maximum absolute atomic E-state index is 14.3. The molecule has 1 amide bonds. The fraction of sp³-hybridized carbons (Fsp3) is 0.435. The highest BCUT2D eigenvalue weighted by atomic mass is 19.3. The Morgan fingerprint density at radius 2 is 2.06 bits per heavy atom. The second kappa shape index (κ2) is 9.72. The number of ether oxygens (including phenoxy) is 2. The van der Waals surface area contributed by atoms with Crippen molar-refractivity contribution >= 4 is 22.9 Å². The van der Waals surface area contributed by atoms with E-state index in [1.165, 1.54) is 5.56 Å². The van der Waals surface area contributed by atoms with Crippen molar-refractivity contribution in [3.8, 4) is 0 Å². The minimum Gasteiger partial charge on any atom is -0.457 e. The van der Waals surface area contributed by atoms with Gasteiger partial charge in [-0.2, -0.15) is 13.8 Å². The Balaban J connectivity index is 1.42. The number of benzene rings is 1. The molecule has 1 fully saturated rings. The van der Waals surface area contributed by atoms with Gasteiger partial charge in [0.2, 0.25) is 6.23 Å². The van der Waals surface area contributed by atoms with E-state index < -0.39 is 42.7 Å². The lowest BCUT2D eigenvalue weighted by molar-refractivity contribution is -0.140. The lowest BCUT2D eigenvalue weighted by atomic mass is 10.0. The average Bonchev–Trinajstić information content (AvgIpc) is 3.35. The molecular weight excluding hydrogens is 468 g/mol. The molecule has 35 heavy (non-hydrogen) atoms. The summed E-state index contributed by atoms with van der Waals surface area (Å²) in [5.74, 6) is -3.64. The molecule has 4 rings (SSSR count). The number of hydrogen-bond acceptors (Lipinski definition) is 8. The van der Waals surface area contributed by atoms with Crippen molar-refractivity contribution in [2.24, 2.45) is 0 Å². The molecule has 0 aliphatic carbocycles. The van der Waals surface area contributed by atoms with Crippen LogP contribution in [-0.2, 0) is 28.9 Å². The van der Waals surface area contributed by atoms with Crippen LogP contribution in [0, 0.1) is 0 Å². The second-order valence-corrected chi connectivity index (χ2v) is 8.13. The summed E-state index contributed by atoms with van der Waals surface area (Å²) in [5.41, 5.74) is 1.79. The molecule has 1 aliphatic rings. The number of fused-ring (bicyclic) bond motifs is 1. The van der Waals surface area contributed by atoms with E-state index >= 15 is 0 Å². The summed E-state index contributed by atoms with van der Waals surface area (Å²) in [6, 6.07) is 6.98. The molecule has 1 aliphatic heterocycles. The monoisotopic (exact) mass is 493 g/mol. The number of aliphatic hydroxyl groups excluding tert-OH is 2. The van der Waals surface area contributed by atoms with Gasteiger partial charge in [-0.25, -0.2) is 9.59 Å². The predicted molar refractivity (Wildman–Crippen MR) is 119 cm³/mol. The zero-order valence-corrected chi connectivity index (χ0v) is 19.0. The lowest BCUT2D eigenvalue weighted by Gasteiger charge is -2.21. The molecule has 188 valence electrons. The van der Waals surface area contributed by atoms with Crippen molar-refractivity contribution in [3.05, 3.63) is 57.8 Å². The van der Waals surface area contributed by atoms with Gasteiger partial charge in [0.25, 0.3) is 0 Å². The molecule has 2 aromatic heterocycles. The summed E-state index contributed by atoms with van der Waals surface area (Å²) in [4.78, 5) is 28.0. The standard InChI is InChI=1S/C23H25F2N3O7/c1-3-12-7-13(4-2)18-14(8-12)9-15(34-18)11-33-22(32)27-17-5-6-28(21(31)26-17)20-23(24,25)19(30)16(10-29)35-20/h5-9,16,19-20,29-30H,3-4,10-11H2,1-2H3,(H,26,27,31,32)/t16-,19-,20-/m1/s1. The summed E-state index contributed by atoms with van der Waals surface area (Å²) in [6.45, 7) is 3.05. The molecule has 1 aromatic carbocycles. The molecule has 1 saturated heterocycles. The summed E-state index contributed by atoms with van der Waals surface area (Å²) < 4.78 is 44.9. The Hall–Kier alpha value is -3.35. The van der Waals surface area contributed by atoms with Crippen LogP contribution in [0.25, 0.3) is 11.0 Å². The Kier molecular flexibility index (Phi) is 6.88. The van der Waals surface area contributed by atoms with E-state index in [2.05, 4.69) is 23.3 Å². The first-order valence-electron chi connectivity index (χ1n) is 11.1. The van der Waals surface area contributed by atoms with Gasteiger partial charge in [-0.3, -0.25) is 9.88 Å². The number of anilines is 1. The molecule has 12 heteroatoms. The Bertz CT molecular complexity index is 1290. The number of nitrogens with one attached hydrogen (secondary N) is 1. The number of nitrogens with zero attached hydrogens (tertiary/aromatic N) is 2. The summed E-state index contributed by atoms with van der Waals surface area (Å²) in [7, 11) is 0. The van der Waals surface area contributed by atoms with Gasteiger partial charge in [0.15, 0.2) is 12.7 Å². The lowest BCUT2D eigenvalue weighted by Crippen LogP contribution is -2.41. The molecule has 0 unspecified atom stereocenters. The molecule has 0 bridgehead atoms. The molecule has 10 nitrogen and oxygen atoms in total. The molecule has 3 heterocycles. The summed E-state index contributed by atoms with van der Waals surface area (Å²) in [6.07, 6.45) is -4.35. The van der Waals surface area contributed by atoms with E-state index in [-0.39, 0.29) is 12.4 Å². The number of aliphatic hydroxyl groups is 2. The number of aryl methyl sites for hydroxylation is 2. The average molecular weight is 493 g/mol. The van der Waals surface area contributed by atoms with Gasteiger partial charge in [0, 0.05) is 11.6 Å². The first kappa shape index (κ1) is 24.8. The number of carbonyl (C=O) groups excluding carboxylic acids is 1. The van der Waals surface area contributed by atoms with Crippen LogP contribution in [0.4, 0.5) is 19.4 Å². The maximum atomic E-state index is 14.3. The van der Waals surface area contributed by atoms with Gasteiger partial charge in [-0.15, -0.1) is 0 Å². The van der Waals surface area contributed by atoms with E-state index in [9.17, 15) is 23.5 Å². The fourth-order valence-corrected chi connectivity index (χ4v) is 3.94. The van der Waals surface area contributed by atoms with Crippen LogP contribution in [-0.4, -0.2) is 50.6 Å². The third-order valence-electron chi connectivity index (χ3n) is 5.81. The molecule has 0 spiro atoms. The third kappa shape index (κ3) is 4.77. The van der Waals surface area contributed by atoms with Crippen molar-refractivity contribution in [3.63, 3.8) is 0 Å². The number of rotatable bonds is 7. The maximum Gasteiger partial charge on any atom is 0.413 e. The van der Waals surface area contributed by atoms with E-state index in [1.54, 1.807) is 6.07 Å². The highest BCUT2D eigenvalue weighted by molar-refractivity contribution is 5.84. The van der Waals surface area contributed by atoms with E-state index in [1.807, 2.05) is 13.0 Å². The molecule has 3 N–H and O–H groups in total. The molecule has 0 saturated carbocycles. The van der Waals surface area contributed by atoms with Gasteiger partial charge in [0.05, 0.1) is 6.61 Å². The van der Waals surface area contributed by atoms with Crippen LogP contribution in [0.3, 0.4) is 0 Å². The largest absolute Gasteiger partial charge is 0.457 e. The van der Waals surface area contributed by atoms with E-state index in [4.69, 9.17) is 19.0 Å². The van der Waals surface area contributed by atoms with Crippen LogP contribution in [0.5, 0.6) is 0 Å². The molecule has 0 radical (unpaired) electrons. The van der Waals surface area contributed by atoms with Gasteiger partial charge in [-0.1, -0.05) is 19.9 Å². The van der Waals surface area contributed by atoms with Crippen LogP contribution < -0.4 is 11.0 Å². The highest BCUT2D eigenvalue weighted by Gasteiger charge is 2.59. The topological polar surface area (TPSA) is 136 Å². The normalized spacial score (nSPS) is 21.4. The molecule has 3 aromatic rings. The summed E-state index contributed by atoms with van der Waals surface area (Å²) in [5, 5.41) is 21.9. The Morgan fingerprint density at radius 3 is 2.69 bits per heavy atom. The Labute approximate surface area is 198 Å². The van der Waals surface area contributed by atoms with Crippen molar-refractivity contribution in [1.29, 1.82) is 0 Å². The first-order chi connectivity index (χ1) is 16.7. The van der Waals surface area contributed by atoms with Gasteiger partial charge in [0.1, 0.15) is 23.3 Å². The summed E-state index contributed by atoms with van der Waals surface area (Å²) >= 11 is 0. The number of carbonyl (C=O) groups is 1.